The Hall–Kier alpha value is -1.18. The Kier molecular flexibility index (Phi) is 3.79. The highest BCUT2D eigenvalue weighted by Crippen LogP contribution is 2.33. The smallest absolute Gasteiger partial charge is 0.232 e. The van der Waals surface area contributed by atoms with Gasteiger partial charge in [-0.25, -0.2) is 0 Å². The van der Waals surface area contributed by atoms with Crippen molar-refractivity contribution >= 4 is 23.5 Å². The molecule has 7 nitrogen and oxygen atoms in total. The van der Waals surface area contributed by atoms with Crippen LogP contribution in [0.5, 0.6) is 0 Å². The van der Waals surface area contributed by atoms with Crippen molar-refractivity contribution < 1.29 is 9.47 Å². The maximum absolute atomic E-state index is 6.17. The molecule has 4 heterocycles. The highest BCUT2D eigenvalue weighted by molar-refractivity contribution is 6.28. The Bertz CT molecular complexity index is 544. The second-order valence-electron chi connectivity index (χ2n) is 6.15. The van der Waals surface area contributed by atoms with E-state index in [-0.39, 0.29) is 11.3 Å². The number of halogens is 1. The summed E-state index contributed by atoms with van der Waals surface area (Å²) in [6.45, 7) is 5.73. The number of ether oxygens (including phenoxy) is 2. The molecule has 0 N–H and O–H groups in total. The molecule has 3 saturated heterocycles. The third-order valence-electron chi connectivity index (χ3n) is 4.68. The highest BCUT2D eigenvalue weighted by Gasteiger charge is 2.39. The fourth-order valence-corrected chi connectivity index (χ4v) is 3.70. The van der Waals surface area contributed by atoms with E-state index in [2.05, 4.69) is 26.7 Å². The first-order valence-electron chi connectivity index (χ1n) is 7.84. The quantitative estimate of drug-likeness (QED) is 0.807. The predicted octanol–water partition coefficient (Wildman–Crippen LogP) is 1.12. The topological polar surface area (TPSA) is 63.6 Å². The summed E-state index contributed by atoms with van der Waals surface area (Å²) < 4.78 is 11.1. The van der Waals surface area contributed by atoms with E-state index < -0.39 is 0 Å². The van der Waals surface area contributed by atoms with E-state index in [4.69, 9.17) is 26.1 Å². The van der Waals surface area contributed by atoms with Crippen molar-refractivity contribution in [1.29, 1.82) is 0 Å². The number of hydrogen-bond donors (Lipinski definition) is 0. The molecule has 3 aliphatic heterocycles. The van der Waals surface area contributed by atoms with Gasteiger partial charge in [0.05, 0.1) is 44.6 Å². The van der Waals surface area contributed by atoms with Gasteiger partial charge in [0, 0.05) is 6.54 Å². The maximum atomic E-state index is 6.17. The molecule has 2 unspecified atom stereocenters. The summed E-state index contributed by atoms with van der Waals surface area (Å²) >= 11 is 6.17. The van der Waals surface area contributed by atoms with Crippen LogP contribution in [0.3, 0.4) is 0 Å². The predicted molar refractivity (Wildman–Crippen MR) is 82.6 cm³/mol. The van der Waals surface area contributed by atoms with Crippen LogP contribution in [0.15, 0.2) is 0 Å². The fraction of sp³-hybridized carbons (Fsp3) is 0.786. The molecule has 2 bridgehead atoms. The molecule has 3 atom stereocenters. The Labute approximate surface area is 134 Å². The van der Waals surface area contributed by atoms with Crippen molar-refractivity contribution in [3.05, 3.63) is 5.28 Å². The van der Waals surface area contributed by atoms with E-state index in [0.29, 0.717) is 37.2 Å². The van der Waals surface area contributed by atoms with Gasteiger partial charge in [0.1, 0.15) is 0 Å². The minimum absolute atomic E-state index is 0.237. The average molecular weight is 326 g/mol. The molecule has 3 fully saturated rings. The Morgan fingerprint density at radius 1 is 1.00 bits per heavy atom. The number of nitrogens with zero attached hydrogens (tertiary/aromatic N) is 5. The molecule has 1 aromatic rings. The second-order valence-corrected chi connectivity index (χ2v) is 6.49. The van der Waals surface area contributed by atoms with E-state index in [9.17, 15) is 0 Å². The van der Waals surface area contributed by atoms with Crippen molar-refractivity contribution in [3.63, 3.8) is 0 Å². The molecule has 4 rings (SSSR count). The molecule has 0 amide bonds. The van der Waals surface area contributed by atoms with Crippen molar-refractivity contribution in [2.24, 2.45) is 0 Å². The lowest BCUT2D eigenvalue weighted by Gasteiger charge is -2.36. The molecule has 22 heavy (non-hydrogen) atoms. The molecule has 1 aromatic heterocycles. The van der Waals surface area contributed by atoms with Crippen LogP contribution in [-0.2, 0) is 9.47 Å². The minimum Gasteiger partial charge on any atom is -0.377 e. The van der Waals surface area contributed by atoms with Gasteiger partial charge in [0.15, 0.2) is 0 Å². The van der Waals surface area contributed by atoms with Gasteiger partial charge in [-0.15, -0.1) is 0 Å². The summed E-state index contributed by atoms with van der Waals surface area (Å²) in [5, 5.41) is 0.254. The second kappa shape index (κ2) is 5.79. The van der Waals surface area contributed by atoms with Crippen molar-refractivity contribution in [1.82, 2.24) is 15.0 Å². The van der Waals surface area contributed by atoms with Crippen LogP contribution >= 0.6 is 11.6 Å². The molecular weight excluding hydrogens is 306 g/mol. The van der Waals surface area contributed by atoms with Gasteiger partial charge in [0.2, 0.25) is 17.2 Å². The van der Waals surface area contributed by atoms with Crippen molar-refractivity contribution in [2.45, 2.75) is 37.9 Å². The van der Waals surface area contributed by atoms with Gasteiger partial charge < -0.3 is 19.3 Å². The molecule has 0 aromatic carbocycles. The van der Waals surface area contributed by atoms with Gasteiger partial charge in [-0.3, -0.25) is 0 Å². The lowest BCUT2D eigenvalue weighted by Crippen LogP contribution is -2.48. The summed E-state index contributed by atoms with van der Waals surface area (Å²) in [7, 11) is 0. The van der Waals surface area contributed by atoms with Crippen molar-refractivity contribution in [3.8, 4) is 0 Å². The number of rotatable bonds is 2. The van der Waals surface area contributed by atoms with E-state index >= 15 is 0 Å². The zero-order valence-electron chi connectivity index (χ0n) is 12.6. The van der Waals surface area contributed by atoms with E-state index in [1.54, 1.807) is 0 Å². The zero-order chi connectivity index (χ0) is 15.1. The van der Waals surface area contributed by atoms with E-state index in [1.807, 2.05) is 0 Å². The molecule has 8 heteroatoms. The number of aromatic nitrogens is 3. The van der Waals surface area contributed by atoms with Crippen LogP contribution < -0.4 is 9.80 Å². The van der Waals surface area contributed by atoms with Crippen LogP contribution in [0, 0.1) is 0 Å². The summed E-state index contributed by atoms with van der Waals surface area (Å²) in [6.07, 6.45) is 2.24. The molecule has 0 saturated carbocycles. The first-order valence-corrected chi connectivity index (χ1v) is 8.22. The van der Waals surface area contributed by atoms with Gasteiger partial charge in [-0.1, -0.05) is 0 Å². The van der Waals surface area contributed by atoms with Crippen LogP contribution in [0.4, 0.5) is 11.9 Å². The van der Waals surface area contributed by atoms with Crippen LogP contribution in [0.25, 0.3) is 0 Å². The number of anilines is 2. The molecule has 0 spiro atoms. The lowest BCUT2D eigenvalue weighted by atomic mass is 10.2. The standard InChI is InChI=1S/C14H20ClN5O2/c1-9-6-21-5-4-19(9)13-16-12(15)17-14(18-13)20-10-2-3-11(20)8-22-7-10/h9-11H,2-8H2,1H3/t9-,10?,11?/m0/s1. The fourth-order valence-electron chi connectivity index (χ4n) is 3.55. The van der Waals surface area contributed by atoms with Gasteiger partial charge in [0.25, 0.3) is 0 Å². The molecule has 0 aliphatic carbocycles. The van der Waals surface area contributed by atoms with Crippen LogP contribution in [0.1, 0.15) is 19.8 Å². The van der Waals surface area contributed by atoms with E-state index in [0.717, 1.165) is 32.6 Å². The van der Waals surface area contributed by atoms with Crippen LogP contribution in [0.2, 0.25) is 5.28 Å². The Balaban J connectivity index is 1.66. The average Bonchev–Trinajstić information content (AvgIpc) is 2.76. The van der Waals surface area contributed by atoms with Gasteiger partial charge in [-0.05, 0) is 31.4 Å². The Morgan fingerprint density at radius 3 is 2.45 bits per heavy atom. The minimum atomic E-state index is 0.237. The summed E-state index contributed by atoms with van der Waals surface area (Å²) in [6, 6.07) is 0.945. The first kappa shape index (κ1) is 14.4. The number of hydrogen-bond acceptors (Lipinski definition) is 7. The van der Waals surface area contributed by atoms with Gasteiger partial charge in [-0.2, -0.15) is 15.0 Å². The maximum Gasteiger partial charge on any atom is 0.232 e. The zero-order valence-corrected chi connectivity index (χ0v) is 13.4. The first-order chi connectivity index (χ1) is 10.7. The SMILES string of the molecule is C[C@H]1COCCN1c1nc(Cl)nc(N2C3CCC2COC3)n1. The molecule has 120 valence electrons. The number of fused-ring (bicyclic) bond motifs is 2. The summed E-state index contributed by atoms with van der Waals surface area (Å²) in [5.74, 6) is 1.33. The normalized spacial score (nSPS) is 31.6. The van der Waals surface area contributed by atoms with E-state index in [1.165, 1.54) is 0 Å². The molecule has 3 aliphatic rings. The summed E-state index contributed by atoms with van der Waals surface area (Å²) in [5.41, 5.74) is 0. The van der Waals surface area contributed by atoms with Crippen LogP contribution in [-0.4, -0.2) is 66.0 Å². The largest absolute Gasteiger partial charge is 0.377 e. The third-order valence-corrected chi connectivity index (χ3v) is 4.85. The molecule has 0 radical (unpaired) electrons. The highest BCUT2D eigenvalue weighted by atomic mass is 35.5. The monoisotopic (exact) mass is 325 g/mol. The Morgan fingerprint density at radius 2 is 1.73 bits per heavy atom. The van der Waals surface area contributed by atoms with Crippen molar-refractivity contribution in [2.75, 3.05) is 42.8 Å². The van der Waals surface area contributed by atoms with Gasteiger partial charge >= 0.3 is 0 Å². The lowest BCUT2D eigenvalue weighted by molar-refractivity contribution is 0.0895. The third kappa shape index (κ3) is 2.51. The summed E-state index contributed by atoms with van der Waals surface area (Å²) in [4.78, 5) is 17.8. The molecular formula is C14H20ClN5O2. The number of morpholine rings is 2.